The average molecular weight is 271 g/mol. The molecular weight excluding hydrogens is 248 g/mol. The number of likely N-dealkylation sites (N-methyl/N-ethyl adjacent to an activating group) is 2. The summed E-state index contributed by atoms with van der Waals surface area (Å²) in [6.07, 6.45) is 2.51. The van der Waals surface area contributed by atoms with Crippen molar-refractivity contribution in [3.8, 4) is 0 Å². The van der Waals surface area contributed by atoms with Crippen LogP contribution in [0.3, 0.4) is 0 Å². The van der Waals surface area contributed by atoms with Gasteiger partial charge in [-0.2, -0.15) is 5.10 Å². The summed E-state index contributed by atoms with van der Waals surface area (Å²) >= 11 is 6.07. The molecular formula is C13H23ClN4. The van der Waals surface area contributed by atoms with Crippen molar-refractivity contribution in [3.63, 3.8) is 0 Å². The van der Waals surface area contributed by atoms with E-state index in [-0.39, 0.29) is 0 Å². The van der Waals surface area contributed by atoms with Crippen LogP contribution in [0.2, 0.25) is 0 Å². The van der Waals surface area contributed by atoms with Gasteiger partial charge in [0, 0.05) is 32.2 Å². The Morgan fingerprint density at radius 2 is 2.17 bits per heavy atom. The van der Waals surface area contributed by atoms with Crippen LogP contribution in [0.25, 0.3) is 0 Å². The first-order chi connectivity index (χ1) is 8.54. The molecule has 1 saturated heterocycles. The second-order valence-corrected chi connectivity index (χ2v) is 5.58. The molecule has 2 heterocycles. The summed E-state index contributed by atoms with van der Waals surface area (Å²) in [5.41, 5.74) is 2.20. The van der Waals surface area contributed by atoms with E-state index in [0.717, 1.165) is 17.8 Å². The highest BCUT2D eigenvalue weighted by Gasteiger charge is 2.25. The van der Waals surface area contributed by atoms with Gasteiger partial charge < -0.3 is 9.80 Å². The first-order valence-corrected chi connectivity index (χ1v) is 7.07. The number of hydrogen-bond donors (Lipinski definition) is 0. The number of aryl methyl sites for hydroxylation is 2. The molecule has 0 N–H and O–H groups in total. The lowest BCUT2D eigenvalue weighted by Crippen LogP contribution is -2.45. The Balaban J connectivity index is 2.24. The van der Waals surface area contributed by atoms with Crippen molar-refractivity contribution < 1.29 is 0 Å². The van der Waals surface area contributed by atoms with Crippen molar-refractivity contribution in [1.29, 1.82) is 0 Å². The summed E-state index contributed by atoms with van der Waals surface area (Å²) < 4.78 is 1.96. The number of nitrogens with zero attached hydrogens (tertiary/aromatic N) is 4. The molecule has 1 aliphatic rings. The van der Waals surface area contributed by atoms with Crippen molar-refractivity contribution in [3.05, 3.63) is 11.3 Å². The highest BCUT2D eigenvalue weighted by molar-refractivity contribution is 6.17. The molecule has 18 heavy (non-hydrogen) atoms. The van der Waals surface area contributed by atoms with E-state index >= 15 is 0 Å². The minimum atomic E-state index is 0.530. The van der Waals surface area contributed by atoms with Crippen LogP contribution < -0.4 is 4.90 Å². The second kappa shape index (κ2) is 5.49. The topological polar surface area (TPSA) is 24.3 Å². The standard InChI is InChI=1S/C13H23ClN4/c1-10-12(8-14)13(18(4)15-10)17(3)11-6-5-7-16(2)9-11/h11H,5-9H2,1-4H3. The first kappa shape index (κ1) is 13.7. The number of halogens is 1. The molecule has 1 aromatic rings. The Morgan fingerprint density at radius 3 is 2.78 bits per heavy atom. The SMILES string of the molecule is Cc1nn(C)c(N(C)C2CCCN(C)C2)c1CCl. The van der Waals surface area contributed by atoms with Crippen LogP contribution in [-0.2, 0) is 12.9 Å². The first-order valence-electron chi connectivity index (χ1n) is 6.54. The molecule has 1 aliphatic heterocycles. The second-order valence-electron chi connectivity index (χ2n) is 5.31. The monoisotopic (exact) mass is 270 g/mol. The molecule has 0 amide bonds. The number of rotatable bonds is 3. The molecule has 0 saturated carbocycles. The van der Waals surface area contributed by atoms with Crippen LogP contribution in [-0.4, -0.2) is 47.9 Å². The fourth-order valence-electron chi connectivity index (χ4n) is 2.92. The molecule has 5 heteroatoms. The van der Waals surface area contributed by atoms with Gasteiger partial charge in [0.25, 0.3) is 0 Å². The Kier molecular flexibility index (Phi) is 4.17. The van der Waals surface area contributed by atoms with Crippen molar-refractivity contribution in [2.24, 2.45) is 7.05 Å². The van der Waals surface area contributed by atoms with E-state index in [1.807, 2.05) is 18.7 Å². The van der Waals surface area contributed by atoms with Crippen LogP contribution in [0.15, 0.2) is 0 Å². The number of hydrogen-bond acceptors (Lipinski definition) is 3. The van der Waals surface area contributed by atoms with Gasteiger partial charge in [-0.1, -0.05) is 0 Å². The van der Waals surface area contributed by atoms with E-state index in [1.165, 1.54) is 25.2 Å². The quantitative estimate of drug-likeness (QED) is 0.786. The Labute approximate surface area is 115 Å². The molecule has 1 fully saturated rings. The largest absolute Gasteiger partial charge is 0.355 e. The lowest BCUT2D eigenvalue weighted by Gasteiger charge is -2.37. The number of likely N-dealkylation sites (tertiary alicyclic amines) is 1. The molecule has 1 unspecified atom stereocenters. The van der Waals surface area contributed by atoms with E-state index < -0.39 is 0 Å². The lowest BCUT2D eigenvalue weighted by atomic mass is 10.0. The number of piperidine rings is 1. The number of aromatic nitrogens is 2. The zero-order valence-electron chi connectivity index (χ0n) is 11.8. The van der Waals surface area contributed by atoms with Gasteiger partial charge in [-0.25, -0.2) is 0 Å². The van der Waals surface area contributed by atoms with Gasteiger partial charge >= 0.3 is 0 Å². The van der Waals surface area contributed by atoms with E-state index in [0.29, 0.717) is 11.9 Å². The van der Waals surface area contributed by atoms with Crippen molar-refractivity contribution >= 4 is 17.4 Å². The molecule has 4 nitrogen and oxygen atoms in total. The fourth-order valence-corrected chi connectivity index (χ4v) is 3.23. The Morgan fingerprint density at radius 1 is 1.44 bits per heavy atom. The van der Waals surface area contributed by atoms with Crippen molar-refractivity contribution in [1.82, 2.24) is 14.7 Å². The molecule has 0 radical (unpaired) electrons. The van der Waals surface area contributed by atoms with Crippen LogP contribution in [0.4, 0.5) is 5.82 Å². The third-order valence-corrected chi connectivity index (χ3v) is 4.20. The van der Waals surface area contributed by atoms with E-state index in [9.17, 15) is 0 Å². The smallest absolute Gasteiger partial charge is 0.131 e. The minimum Gasteiger partial charge on any atom is -0.355 e. The minimum absolute atomic E-state index is 0.530. The molecule has 2 rings (SSSR count). The van der Waals surface area contributed by atoms with Gasteiger partial charge in [0.2, 0.25) is 0 Å². The number of alkyl halides is 1. The molecule has 0 spiro atoms. The van der Waals surface area contributed by atoms with Gasteiger partial charge in [-0.05, 0) is 33.4 Å². The third kappa shape index (κ3) is 2.50. The third-order valence-electron chi connectivity index (χ3n) is 3.93. The summed E-state index contributed by atoms with van der Waals surface area (Å²) in [5.74, 6) is 1.70. The summed E-state index contributed by atoms with van der Waals surface area (Å²) in [4.78, 5) is 4.75. The van der Waals surface area contributed by atoms with Gasteiger partial charge in [-0.15, -0.1) is 11.6 Å². The highest BCUT2D eigenvalue weighted by Crippen LogP contribution is 2.27. The maximum Gasteiger partial charge on any atom is 0.131 e. The molecule has 1 atom stereocenters. The maximum atomic E-state index is 6.07. The summed E-state index contributed by atoms with van der Waals surface area (Å²) in [5, 5.41) is 4.49. The Hall–Kier alpha value is -0.740. The van der Waals surface area contributed by atoms with Crippen LogP contribution in [0, 0.1) is 6.92 Å². The summed E-state index contributed by atoms with van der Waals surface area (Å²) in [6, 6.07) is 0.556. The maximum absolute atomic E-state index is 6.07. The van der Waals surface area contributed by atoms with E-state index in [2.05, 4.69) is 29.0 Å². The fraction of sp³-hybridized carbons (Fsp3) is 0.769. The molecule has 1 aromatic heterocycles. The predicted octanol–water partition coefficient (Wildman–Crippen LogP) is 2.00. The molecule has 0 aliphatic carbocycles. The molecule has 0 aromatic carbocycles. The normalized spacial score (nSPS) is 21.3. The molecule has 0 bridgehead atoms. The van der Waals surface area contributed by atoms with Gasteiger partial charge in [0.1, 0.15) is 5.82 Å². The van der Waals surface area contributed by atoms with Crippen molar-refractivity contribution in [2.75, 3.05) is 32.1 Å². The van der Waals surface area contributed by atoms with E-state index in [1.54, 1.807) is 0 Å². The van der Waals surface area contributed by atoms with Crippen LogP contribution >= 0.6 is 11.6 Å². The average Bonchev–Trinajstić information content (AvgIpc) is 2.62. The molecule has 102 valence electrons. The summed E-state index contributed by atoms with van der Waals surface area (Å²) in [7, 11) is 6.36. The van der Waals surface area contributed by atoms with Gasteiger partial charge in [0.05, 0.1) is 11.6 Å². The summed E-state index contributed by atoms with van der Waals surface area (Å²) in [6.45, 7) is 4.35. The van der Waals surface area contributed by atoms with Gasteiger partial charge in [-0.3, -0.25) is 4.68 Å². The van der Waals surface area contributed by atoms with Crippen LogP contribution in [0.5, 0.6) is 0 Å². The van der Waals surface area contributed by atoms with Crippen LogP contribution in [0.1, 0.15) is 24.1 Å². The Bertz CT molecular complexity index is 415. The van der Waals surface area contributed by atoms with E-state index in [4.69, 9.17) is 11.6 Å². The number of anilines is 1. The highest BCUT2D eigenvalue weighted by atomic mass is 35.5. The zero-order chi connectivity index (χ0) is 13.3. The van der Waals surface area contributed by atoms with Gasteiger partial charge in [0.15, 0.2) is 0 Å². The van der Waals surface area contributed by atoms with Crippen molar-refractivity contribution in [2.45, 2.75) is 31.7 Å². The predicted molar refractivity (Wildman–Crippen MR) is 76.4 cm³/mol. The zero-order valence-corrected chi connectivity index (χ0v) is 12.5. The lowest BCUT2D eigenvalue weighted by molar-refractivity contribution is 0.247.